The number of carbonyl (C=O) groups excluding carboxylic acids is 1. The van der Waals surface area contributed by atoms with Crippen LogP contribution < -0.4 is 0 Å². The summed E-state index contributed by atoms with van der Waals surface area (Å²) in [6, 6.07) is 0. The summed E-state index contributed by atoms with van der Waals surface area (Å²) in [6.07, 6.45) is 13.9. The van der Waals surface area contributed by atoms with E-state index in [0.717, 1.165) is 38.5 Å². The van der Waals surface area contributed by atoms with Crippen LogP contribution in [0.15, 0.2) is 11.6 Å². The number of aliphatic hydroxyl groups is 2. The van der Waals surface area contributed by atoms with E-state index in [1.165, 1.54) is 5.57 Å². The molecule has 0 radical (unpaired) electrons. The Morgan fingerprint density at radius 2 is 2.08 bits per heavy atom. The van der Waals surface area contributed by atoms with Gasteiger partial charge in [-0.25, -0.2) is 0 Å². The second kappa shape index (κ2) is 5.44. The summed E-state index contributed by atoms with van der Waals surface area (Å²) >= 11 is 0. The summed E-state index contributed by atoms with van der Waals surface area (Å²) < 4.78 is 0. The predicted molar refractivity (Wildman–Crippen MR) is 91.9 cm³/mol. The molecule has 0 spiro atoms. The van der Waals surface area contributed by atoms with Gasteiger partial charge in [-0.15, -0.1) is 6.42 Å². The Balaban J connectivity index is 1.70. The van der Waals surface area contributed by atoms with Gasteiger partial charge in [0.2, 0.25) is 0 Å². The first-order valence-corrected chi connectivity index (χ1v) is 9.58. The van der Waals surface area contributed by atoms with Crippen molar-refractivity contribution in [2.24, 2.45) is 29.1 Å². The second-order valence-electron chi connectivity index (χ2n) is 8.51. The van der Waals surface area contributed by atoms with Crippen LogP contribution in [0.5, 0.6) is 0 Å². The lowest BCUT2D eigenvalue weighted by atomic mass is 9.49. The van der Waals surface area contributed by atoms with Crippen LogP contribution in [-0.2, 0) is 4.79 Å². The standard InChI is InChI=1S/C21H28O3/c1-3-20-10-9-16-15-8-6-14(22)11-13(15)5-7-17(16)18(20)12-19(23)21(20,24)4-2/h2,11,15-19,23-24H,3,5-10,12H2,1H3/t15-,16-,17+,18+,19+,20+,21-/m0/s1. The van der Waals surface area contributed by atoms with Gasteiger partial charge in [0.05, 0.1) is 6.10 Å². The first kappa shape index (κ1) is 16.4. The van der Waals surface area contributed by atoms with Crippen LogP contribution in [0.3, 0.4) is 0 Å². The minimum Gasteiger partial charge on any atom is -0.389 e. The summed E-state index contributed by atoms with van der Waals surface area (Å²) in [4.78, 5) is 11.8. The molecule has 7 atom stereocenters. The molecule has 0 unspecified atom stereocenters. The minimum atomic E-state index is -1.38. The number of allylic oxidation sites excluding steroid dienone is 1. The van der Waals surface area contributed by atoms with E-state index < -0.39 is 11.7 Å². The quantitative estimate of drug-likeness (QED) is 0.728. The third kappa shape index (κ3) is 1.90. The molecule has 0 heterocycles. The van der Waals surface area contributed by atoms with Gasteiger partial charge in [0.25, 0.3) is 0 Å². The van der Waals surface area contributed by atoms with Crippen LogP contribution in [0.4, 0.5) is 0 Å². The molecule has 0 aromatic heterocycles. The first-order chi connectivity index (χ1) is 11.5. The van der Waals surface area contributed by atoms with Crippen molar-refractivity contribution in [1.82, 2.24) is 0 Å². The SMILES string of the molecule is C#C[C@]1(O)[C@H](O)C[C@@H]2[C@@H]3CCC4=CC(=O)CC[C@@H]4[C@@H]3CC[C@]21CC. The summed E-state index contributed by atoms with van der Waals surface area (Å²) in [5.74, 6) is 4.83. The number of carbonyl (C=O) groups is 1. The Kier molecular flexibility index (Phi) is 3.71. The van der Waals surface area contributed by atoms with Crippen molar-refractivity contribution in [3.63, 3.8) is 0 Å². The predicted octanol–water partition coefficient (Wildman–Crippen LogP) is 2.85. The van der Waals surface area contributed by atoms with Crippen molar-refractivity contribution in [2.45, 2.75) is 70.0 Å². The van der Waals surface area contributed by atoms with Crippen LogP contribution >= 0.6 is 0 Å². The molecule has 130 valence electrons. The third-order valence-electron chi connectivity index (χ3n) is 8.08. The fraction of sp³-hybridized carbons (Fsp3) is 0.762. The third-order valence-corrected chi connectivity index (χ3v) is 8.08. The lowest BCUT2D eigenvalue weighted by Gasteiger charge is -2.55. The Hall–Kier alpha value is -1.11. The molecule has 4 aliphatic carbocycles. The molecule has 2 N–H and O–H groups in total. The van der Waals surface area contributed by atoms with E-state index >= 15 is 0 Å². The molecule has 0 aromatic rings. The topological polar surface area (TPSA) is 57.5 Å². The zero-order valence-electron chi connectivity index (χ0n) is 14.5. The molecule has 3 fully saturated rings. The maximum absolute atomic E-state index is 11.8. The molecular formula is C21H28O3. The Bertz CT molecular complexity index is 629. The van der Waals surface area contributed by atoms with Gasteiger partial charge in [0.1, 0.15) is 0 Å². The molecule has 0 aromatic carbocycles. The van der Waals surface area contributed by atoms with Crippen LogP contribution in [0.2, 0.25) is 0 Å². The largest absolute Gasteiger partial charge is 0.389 e. The van der Waals surface area contributed by atoms with Crippen LogP contribution in [0.1, 0.15) is 58.3 Å². The fourth-order valence-electron chi connectivity index (χ4n) is 6.96. The monoisotopic (exact) mass is 328 g/mol. The van der Waals surface area contributed by atoms with E-state index in [9.17, 15) is 15.0 Å². The molecular weight excluding hydrogens is 300 g/mol. The van der Waals surface area contributed by atoms with E-state index in [0.29, 0.717) is 36.5 Å². The highest BCUT2D eigenvalue weighted by molar-refractivity contribution is 5.91. The average molecular weight is 328 g/mol. The van der Waals surface area contributed by atoms with Gasteiger partial charge >= 0.3 is 0 Å². The van der Waals surface area contributed by atoms with E-state index in [2.05, 4.69) is 12.8 Å². The minimum absolute atomic E-state index is 0.288. The van der Waals surface area contributed by atoms with Gasteiger partial charge in [-0.3, -0.25) is 4.79 Å². The van der Waals surface area contributed by atoms with E-state index in [1.54, 1.807) is 0 Å². The maximum atomic E-state index is 11.8. The smallest absolute Gasteiger partial charge is 0.156 e. The van der Waals surface area contributed by atoms with Gasteiger partial charge < -0.3 is 10.2 Å². The van der Waals surface area contributed by atoms with E-state index in [-0.39, 0.29) is 11.2 Å². The van der Waals surface area contributed by atoms with Crippen LogP contribution in [0.25, 0.3) is 0 Å². The second-order valence-corrected chi connectivity index (χ2v) is 8.51. The number of hydrogen-bond acceptors (Lipinski definition) is 3. The van der Waals surface area contributed by atoms with Crippen molar-refractivity contribution < 1.29 is 15.0 Å². The number of rotatable bonds is 1. The zero-order valence-corrected chi connectivity index (χ0v) is 14.5. The average Bonchev–Trinajstić information content (AvgIpc) is 2.83. The first-order valence-electron chi connectivity index (χ1n) is 9.58. The molecule has 3 saturated carbocycles. The van der Waals surface area contributed by atoms with Crippen molar-refractivity contribution in [3.8, 4) is 12.3 Å². The molecule has 0 bridgehead atoms. The number of hydrogen-bond donors (Lipinski definition) is 2. The lowest BCUT2D eigenvalue weighted by molar-refractivity contribution is -0.125. The molecule has 24 heavy (non-hydrogen) atoms. The van der Waals surface area contributed by atoms with Gasteiger partial charge in [-0.1, -0.05) is 18.4 Å². The molecule has 3 nitrogen and oxygen atoms in total. The Morgan fingerprint density at radius 1 is 1.29 bits per heavy atom. The molecule has 0 aliphatic heterocycles. The normalized spacial score (nSPS) is 50.3. The molecule has 0 saturated heterocycles. The Labute approximate surface area is 144 Å². The number of terminal acetylenes is 1. The summed E-state index contributed by atoms with van der Waals surface area (Å²) in [7, 11) is 0. The van der Waals surface area contributed by atoms with Crippen molar-refractivity contribution in [1.29, 1.82) is 0 Å². The van der Waals surface area contributed by atoms with Gasteiger partial charge in [0.15, 0.2) is 11.4 Å². The molecule has 4 aliphatic rings. The highest BCUT2D eigenvalue weighted by atomic mass is 16.3. The zero-order chi connectivity index (χ0) is 17.1. The molecule has 4 rings (SSSR count). The maximum Gasteiger partial charge on any atom is 0.156 e. The van der Waals surface area contributed by atoms with Crippen LogP contribution in [0, 0.1) is 41.4 Å². The van der Waals surface area contributed by atoms with Gasteiger partial charge in [-0.2, -0.15) is 0 Å². The van der Waals surface area contributed by atoms with E-state index in [1.807, 2.05) is 6.08 Å². The van der Waals surface area contributed by atoms with Crippen molar-refractivity contribution in [2.75, 3.05) is 0 Å². The fourth-order valence-corrected chi connectivity index (χ4v) is 6.96. The summed E-state index contributed by atoms with van der Waals surface area (Å²) in [5, 5.41) is 21.7. The Morgan fingerprint density at radius 3 is 2.79 bits per heavy atom. The summed E-state index contributed by atoms with van der Waals surface area (Å²) in [6.45, 7) is 2.11. The van der Waals surface area contributed by atoms with Crippen molar-refractivity contribution >= 4 is 5.78 Å². The highest BCUT2D eigenvalue weighted by Gasteiger charge is 2.67. The van der Waals surface area contributed by atoms with E-state index in [4.69, 9.17) is 6.42 Å². The number of ketones is 1. The number of aliphatic hydroxyl groups excluding tert-OH is 1. The van der Waals surface area contributed by atoms with Gasteiger partial charge in [-0.05, 0) is 74.7 Å². The summed E-state index contributed by atoms with van der Waals surface area (Å²) in [5.41, 5.74) is -0.355. The lowest BCUT2D eigenvalue weighted by Crippen LogP contribution is -2.55. The molecule has 3 heteroatoms. The van der Waals surface area contributed by atoms with Crippen molar-refractivity contribution in [3.05, 3.63) is 11.6 Å². The van der Waals surface area contributed by atoms with Crippen LogP contribution in [-0.4, -0.2) is 27.7 Å². The number of fused-ring (bicyclic) bond motifs is 5. The molecule has 0 amide bonds. The highest BCUT2D eigenvalue weighted by Crippen LogP contribution is 2.66. The van der Waals surface area contributed by atoms with Gasteiger partial charge in [0, 0.05) is 11.8 Å².